The molecule has 1 aromatic heterocycles. The lowest BCUT2D eigenvalue weighted by Gasteiger charge is -2.51. The SMILES string of the molecule is CC(=O)N1C[C@H](C(=O)Nc2ccc(C)cc2C)[C@@H](c2nnc(C3CC4(CCC(F)(F)CC4)C3)n2C2CC2)C1. The van der Waals surface area contributed by atoms with Crippen LogP contribution in [0.2, 0.25) is 0 Å². The van der Waals surface area contributed by atoms with Crippen LogP contribution in [0.1, 0.15) is 98.9 Å². The van der Waals surface area contributed by atoms with E-state index in [1.54, 1.807) is 11.8 Å². The lowest BCUT2D eigenvalue weighted by atomic mass is 9.55. The molecule has 7 nitrogen and oxygen atoms in total. The van der Waals surface area contributed by atoms with Gasteiger partial charge in [-0.3, -0.25) is 9.59 Å². The van der Waals surface area contributed by atoms with Gasteiger partial charge in [0.1, 0.15) is 11.6 Å². The number of anilines is 1. The molecule has 3 saturated carbocycles. The first-order chi connectivity index (χ1) is 18.0. The maximum atomic E-state index is 13.8. The van der Waals surface area contributed by atoms with Gasteiger partial charge in [0.25, 0.3) is 0 Å². The molecule has 1 aromatic carbocycles. The van der Waals surface area contributed by atoms with Gasteiger partial charge in [0.2, 0.25) is 17.7 Å². The largest absolute Gasteiger partial charge is 0.341 e. The van der Waals surface area contributed by atoms with Crippen molar-refractivity contribution in [2.45, 2.75) is 95.9 Å². The summed E-state index contributed by atoms with van der Waals surface area (Å²) in [7, 11) is 0. The van der Waals surface area contributed by atoms with Crippen LogP contribution in [-0.2, 0) is 9.59 Å². The van der Waals surface area contributed by atoms with Gasteiger partial charge in [-0.25, -0.2) is 8.78 Å². The molecule has 204 valence electrons. The molecule has 0 bridgehead atoms. The van der Waals surface area contributed by atoms with E-state index in [2.05, 4.69) is 20.1 Å². The molecule has 4 fully saturated rings. The molecular weight excluding hydrogens is 488 g/mol. The number of hydrogen-bond donors (Lipinski definition) is 1. The summed E-state index contributed by atoms with van der Waals surface area (Å²) in [5, 5.41) is 12.4. The summed E-state index contributed by atoms with van der Waals surface area (Å²) < 4.78 is 29.8. The number of benzene rings is 1. The second-order valence-corrected chi connectivity index (χ2v) is 12.4. The van der Waals surface area contributed by atoms with E-state index < -0.39 is 11.8 Å². The number of nitrogens with one attached hydrogen (secondary N) is 1. The topological polar surface area (TPSA) is 80.1 Å². The van der Waals surface area contributed by atoms with Gasteiger partial charge in [0.15, 0.2) is 0 Å². The molecule has 2 amide bonds. The Labute approximate surface area is 222 Å². The monoisotopic (exact) mass is 525 g/mol. The zero-order chi connectivity index (χ0) is 26.8. The van der Waals surface area contributed by atoms with Crippen molar-refractivity contribution >= 4 is 17.5 Å². The van der Waals surface area contributed by atoms with Crippen LogP contribution in [0.3, 0.4) is 0 Å². The number of amides is 2. The molecule has 2 atom stereocenters. The third kappa shape index (κ3) is 4.62. The van der Waals surface area contributed by atoms with Crippen molar-refractivity contribution < 1.29 is 18.4 Å². The number of likely N-dealkylation sites (tertiary alicyclic amines) is 1. The second kappa shape index (κ2) is 9.12. The highest BCUT2D eigenvalue weighted by Gasteiger charge is 2.53. The Morgan fingerprint density at radius 2 is 1.68 bits per heavy atom. The first kappa shape index (κ1) is 25.4. The minimum Gasteiger partial charge on any atom is -0.341 e. The Hall–Kier alpha value is -2.84. The van der Waals surface area contributed by atoms with E-state index in [1.165, 1.54) is 0 Å². The van der Waals surface area contributed by atoms with Crippen molar-refractivity contribution in [2.75, 3.05) is 18.4 Å². The van der Waals surface area contributed by atoms with Crippen LogP contribution < -0.4 is 5.32 Å². The first-order valence-electron chi connectivity index (χ1n) is 14.0. The summed E-state index contributed by atoms with van der Waals surface area (Å²) in [6.45, 7) is 6.33. The van der Waals surface area contributed by atoms with Crippen LogP contribution in [-0.4, -0.2) is 50.5 Å². The van der Waals surface area contributed by atoms with Crippen LogP contribution in [0.4, 0.5) is 14.5 Å². The number of nitrogens with zero attached hydrogens (tertiary/aromatic N) is 4. The molecule has 2 heterocycles. The highest BCUT2D eigenvalue weighted by molar-refractivity contribution is 5.94. The molecule has 0 radical (unpaired) electrons. The number of aryl methyl sites for hydroxylation is 2. The Bertz CT molecular complexity index is 1250. The molecule has 1 N–H and O–H groups in total. The number of halogens is 2. The lowest BCUT2D eigenvalue weighted by molar-refractivity contribution is -0.128. The Morgan fingerprint density at radius 3 is 2.32 bits per heavy atom. The predicted molar refractivity (Wildman–Crippen MR) is 139 cm³/mol. The number of carbonyl (C=O) groups excluding carboxylic acids is 2. The summed E-state index contributed by atoms with van der Waals surface area (Å²) >= 11 is 0. The molecule has 9 heteroatoms. The zero-order valence-corrected chi connectivity index (χ0v) is 22.5. The van der Waals surface area contributed by atoms with Crippen molar-refractivity contribution in [3.05, 3.63) is 41.0 Å². The van der Waals surface area contributed by atoms with Gasteiger partial charge in [0.05, 0.1) is 11.8 Å². The fourth-order valence-corrected chi connectivity index (χ4v) is 7.04. The Morgan fingerprint density at radius 1 is 1.00 bits per heavy atom. The molecule has 1 aliphatic heterocycles. The van der Waals surface area contributed by atoms with Crippen LogP contribution >= 0.6 is 0 Å². The highest BCUT2D eigenvalue weighted by Crippen LogP contribution is 2.61. The van der Waals surface area contributed by atoms with Crippen molar-refractivity contribution in [3.8, 4) is 0 Å². The van der Waals surface area contributed by atoms with E-state index in [-0.39, 0.29) is 41.9 Å². The van der Waals surface area contributed by atoms with Gasteiger partial charge in [-0.15, -0.1) is 10.2 Å². The molecule has 0 unspecified atom stereocenters. The Kier molecular flexibility index (Phi) is 6.11. The summed E-state index contributed by atoms with van der Waals surface area (Å²) in [5.41, 5.74) is 2.92. The molecule has 1 spiro atoms. The third-order valence-electron chi connectivity index (χ3n) is 9.50. The quantitative estimate of drug-likeness (QED) is 0.559. The summed E-state index contributed by atoms with van der Waals surface area (Å²) in [4.78, 5) is 27.7. The molecule has 4 aliphatic rings. The van der Waals surface area contributed by atoms with Gasteiger partial charge in [-0.1, -0.05) is 17.7 Å². The van der Waals surface area contributed by atoms with E-state index in [0.717, 1.165) is 54.1 Å². The number of hydrogen-bond acceptors (Lipinski definition) is 4. The van der Waals surface area contributed by atoms with Crippen molar-refractivity contribution in [1.29, 1.82) is 0 Å². The normalized spacial score (nSPS) is 26.4. The van der Waals surface area contributed by atoms with E-state index in [9.17, 15) is 18.4 Å². The van der Waals surface area contributed by atoms with E-state index >= 15 is 0 Å². The minimum atomic E-state index is -2.52. The van der Waals surface area contributed by atoms with Gasteiger partial charge in [0, 0.05) is 50.5 Å². The fourth-order valence-electron chi connectivity index (χ4n) is 7.04. The lowest BCUT2D eigenvalue weighted by Crippen LogP contribution is -2.42. The highest BCUT2D eigenvalue weighted by atomic mass is 19.3. The second-order valence-electron chi connectivity index (χ2n) is 12.4. The maximum Gasteiger partial charge on any atom is 0.248 e. The molecular formula is C29H37F2N5O2. The average Bonchev–Trinajstić information content (AvgIpc) is 3.42. The van der Waals surface area contributed by atoms with Gasteiger partial charge in [-0.05, 0) is 69.4 Å². The van der Waals surface area contributed by atoms with Crippen molar-refractivity contribution in [1.82, 2.24) is 19.7 Å². The van der Waals surface area contributed by atoms with Crippen LogP contribution in [0.15, 0.2) is 18.2 Å². The van der Waals surface area contributed by atoms with Gasteiger partial charge < -0.3 is 14.8 Å². The van der Waals surface area contributed by atoms with Gasteiger partial charge in [-0.2, -0.15) is 0 Å². The smallest absolute Gasteiger partial charge is 0.248 e. The fraction of sp³-hybridized carbons (Fsp3) is 0.655. The summed E-state index contributed by atoms with van der Waals surface area (Å²) in [6, 6.07) is 6.26. The molecule has 2 aromatic rings. The van der Waals surface area contributed by atoms with Crippen molar-refractivity contribution in [2.24, 2.45) is 11.3 Å². The first-order valence-corrected chi connectivity index (χ1v) is 14.0. The van der Waals surface area contributed by atoms with Crippen LogP contribution in [0.5, 0.6) is 0 Å². The molecule has 1 saturated heterocycles. The molecule has 6 rings (SSSR count). The van der Waals surface area contributed by atoms with E-state index in [4.69, 9.17) is 0 Å². The number of rotatable bonds is 5. The maximum absolute atomic E-state index is 13.8. The van der Waals surface area contributed by atoms with E-state index in [1.807, 2.05) is 32.0 Å². The number of alkyl halides is 2. The molecule has 38 heavy (non-hydrogen) atoms. The van der Waals surface area contributed by atoms with Crippen LogP contribution in [0.25, 0.3) is 0 Å². The standard InChI is InChI=1S/C29H37F2N5O2/c1-17-4-7-24(18(2)12-17)32-27(38)23-16-35(19(3)37)15-22(23)26-34-33-25(36(26)21-5-6-21)20-13-28(14-20)8-10-29(30,31)11-9-28/h4,7,12,20-23H,5-6,8-11,13-16H2,1-3H3,(H,32,38)/t22-,23-/m0/s1. The predicted octanol–water partition coefficient (Wildman–Crippen LogP) is 5.50. The van der Waals surface area contributed by atoms with Crippen LogP contribution in [0, 0.1) is 25.2 Å². The summed E-state index contributed by atoms with van der Waals surface area (Å²) in [5.74, 6) is -1.39. The average molecular weight is 526 g/mol. The van der Waals surface area contributed by atoms with Crippen molar-refractivity contribution in [3.63, 3.8) is 0 Å². The summed E-state index contributed by atoms with van der Waals surface area (Å²) in [6.07, 6.45) is 5.00. The minimum absolute atomic E-state index is 0.0134. The number of carbonyl (C=O) groups is 2. The van der Waals surface area contributed by atoms with Gasteiger partial charge >= 0.3 is 0 Å². The third-order valence-corrected chi connectivity index (χ3v) is 9.50. The number of aromatic nitrogens is 3. The molecule has 3 aliphatic carbocycles. The zero-order valence-electron chi connectivity index (χ0n) is 22.5. The van der Waals surface area contributed by atoms with E-state index in [0.29, 0.717) is 32.0 Å². The Balaban J connectivity index is 1.25.